The van der Waals surface area contributed by atoms with Gasteiger partial charge in [-0.15, -0.1) is 0 Å². The lowest BCUT2D eigenvalue weighted by Crippen LogP contribution is -2.37. The monoisotopic (exact) mass is 255 g/mol. The maximum atomic E-state index is 11.7. The van der Waals surface area contributed by atoms with Crippen LogP contribution in [-0.4, -0.2) is 19.1 Å². The summed E-state index contributed by atoms with van der Waals surface area (Å²) < 4.78 is 5.52. The van der Waals surface area contributed by atoms with E-state index in [1.165, 1.54) is 0 Å². The van der Waals surface area contributed by atoms with E-state index in [-0.39, 0.29) is 11.8 Å². The van der Waals surface area contributed by atoms with Crippen LogP contribution in [0, 0.1) is 5.92 Å². The largest absolute Gasteiger partial charge is 0.492 e. The molecule has 5 heteroatoms. The lowest BCUT2D eigenvalue weighted by Gasteiger charge is -2.24. The van der Waals surface area contributed by atoms with E-state index in [4.69, 9.17) is 21.2 Å². The zero-order chi connectivity index (χ0) is 12.3. The summed E-state index contributed by atoms with van der Waals surface area (Å²) in [4.78, 5) is 16.6. The topological polar surface area (TPSA) is 47.6 Å². The molecule has 1 aromatic carbocycles. The SMILES string of the molecule is CCONC(=O)[C@@H]1COc2ccc(Cl)cc2C1. The predicted octanol–water partition coefficient (Wildman–Crippen LogP) is 1.96. The average molecular weight is 256 g/mol. The predicted molar refractivity (Wildman–Crippen MR) is 63.9 cm³/mol. The molecule has 1 N–H and O–H groups in total. The van der Waals surface area contributed by atoms with E-state index in [1.54, 1.807) is 6.07 Å². The van der Waals surface area contributed by atoms with Crippen molar-refractivity contribution >= 4 is 17.5 Å². The van der Waals surface area contributed by atoms with Crippen LogP contribution in [0.3, 0.4) is 0 Å². The van der Waals surface area contributed by atoms with E-state index in [0.29, 0.717) is 24.7 Å². The first kappa shape index (κ1) is 12.2. The molecule has 0 radical (unpaired) electrons. The molecule has 0 aromatic heterocycles. The summed E-state index contributed by atoms with van der Waals surface area (Å²) in [7, 11) is 0. The molecule has 0 unspecified atom stereocenters. The second kappa shape index (κ2) is 5.38. The maximum Gasteiger partial charge on any atom is 0.250 e. The van der Waals surface area contributed by atoms with E-state index < -0.39 is 0 Å². The van der Waals surface area contributed by atoms with Crippen LogP contribution in [0.2, 0.25) is 5.02 Å². The van der Waals surface area contributed by atoms with Gasteiger partial charge < -0.3 is 4.74 Å². The van der Waals surface area contributed by atoms with Crippen molar-refractivity contribution in [1.29, 1.82) is 0 Å². The van der Waals surface area contributed by atoms with Crippen LogP contribution in [0.1, 0.15) is 12.5 Å². The van der Waals surface area contributed by atoms with E-state index in [0.717, 1.165) is 11.3 Å². The van der Waals surface area contributed by atoms with Crippen molar-refractivity contribution in [2.24, 2.45) is 5.92 Å². The number of amides is 1. The number of hydrogen-bond acceptors (Lipinski definition) is 3. The van der Waals surface area contributed by atoms with Crippen molar-refractivity contribution in [2.45, 2.75) is 13.3 Å². The van der Waals surface area contributed by atoms with Crippen LogP contribution < -0.4 is 10.2 Å². The van der Waals surface area contributed by atoms with Crippen LogP contribution in [0.5, 0.6) is 5.75 Å². The highest BCUT2D eigenvalue weighted by Crippen LogP contribution is 2.29. The number of carbonyl (C=O) groups is 1. The Morgan fingerprint density at radius 3 is 3.24 bits per heavy atom. The molecule has 0 aliphatic carbocycles. The lowest BCUT2D eigenvalue weighted by atomic mass is 9.96. The average Bonchev–Trinajstić information content (AvgIpc) is 2.35. The van der Waals surface area contributed by atoms with Crippen LogP contribution in [-0.2, 0) is 16.1 Å². The van der Waals surface area contributed by atoms with Crippen molar-refractivity contribution in [3.63, 3.8) is 0 Å². The molecule has 2 rings (SSSR count). The fourth-order valence-corrected chi connectivity index (χ4v) is 1.95. The molecule has 0 bridgehead atoms. The Bertz CT molecular complexity index is 422. The number of carbonyl (C=O) groups excluding carboxylic acids is 1. The number of hydroxylamine groups is 1. The van der Waals surface area contributed by atoms with Gasteiger partial charge in [-0.25, -0.2) is 5.48 Å². The molecular formula is C12H14ClNO3. The molecule has 1 heterocycles. The van der Waals surface area contributed by atoms with Crippen LogP contribution in [0.15, 0.2) is 18.2 Å². The minimum absolute atomic E-state index is 0.155. The summed E-state index contributed by atoms with van der Waals surface area (Å²) in [5, 5.41) is 0.651. The summed E-state index contributed by atoms with van der Waals surface area (Å²) in [5.74, 6) is 0.417. The number of benzene rings is 1. The van der Waals surface area contributed by atoms with Crippen molar-refractivity contribution in [1.82, 2.24) is 5.48 Å². The normalized spacial score (nSPS) is 18.1. The number of ether oxygens (including phenoxy) is 1. The zero-order valence-corrected chi connectivity index (χ0v) is 10.3. The van der Waals surface area contributed by atoms with Gasteiger partial charge in [0, 0.05) is 5.02 Å². The second-order valence-corrected chi connectivity index (χ2v) is 4.30. The zero-order valence-electron chi connectivity index (χ0n) is 9.53. The van der Waals surface area contributed by atoms with Gasteiger partial charge in [-0.3, -0.25) is 9.63 Å². The molecule has 1 amide bonds. The van der Waals surface area contributed by atoms with Gasteiger partial charge >= 0.3 is 0 Å². The standard InChI is InChI=1S/C12H14ClNO3/c1-2-17-14-12(15)9-5-8-6-10(13)3-4-11(8)16-7-9/h3-4,6,9H,2,5,7H2,1H3,(H,14,15)/t9-/m0/s1. The van der Waals surface area contributed by atoms with Crippen molar-refractivity contribution < 1.29 is 14.4 Å². The number of halogens is 1. The van der Waals surface area contributed by atoms with Gasteiger partial charge in [0.15, 0.2) is 0 Å². The summed E-state index contributed by atoms with van der Waals surface area (Å²) in [5.41, 5.74) is 3.35. The molecule has 0 saturated heterocycles. The van der Waals surface area contributed by atoms with Crippen molar-refractivity contribution in [3.8, 4) is 5.75 Å². The van der Waals surface area contributed by atoms with E-state index in [2.05, 4.69) is 5.48 Å². The quantitative estimate of drug-likeness (QED) is 0.840. The number of nitrogens with one attached hydrogen (secondary N) is 1. The fraction of sp³-hybridized carbons (Fsp3) is 0.417. The Morgan fingerprint density at radius 2 is 2.47 bits per heavy atom. The highest BCUT2D eigenvalue weighted by molar-refractivity contribution is 6.30. The molecule has 0 spiro atoms. The molecule has 1 aromatic rings. The molecule has 1 atom stereocenters. The van der Waals surface area contributed by atoms with Gasteiger partial charge in [-0.05, 0) is 37.1 Å². The molecule has 1 aliphatic heterocycles. The third-order valence-corrected chi connectivity index (χ3v) is 2.85. The van der Waals surface area contributed by atoms with Gasteiger partial charge in [0.1, 0.15) is 12.4 Å². The molecule has 1 aliphatic rings. The first-order valence-electron chi connectivity index (χ1n) is 5.53. The number of fused-ring (bicyclic) bond motifs is 1. The van der Waals surface area contributed by atoms with Gasteiger partial charge in [0.2, 0.25) is 5.91 Å². The second-order valence-electron chi connectivity index (χ2n) is 3.86. The Hall–Kier alpha value is -1.26. The minimum atomic E-state index is -0.229. The minimum Gasteiger partial charge on any atom is -0.492 e. The highest BCUT2D eigenvalue weighted by Gasteiger charge is 2.26. The number of rotatable bonds is 3. The van der Waals surface area contributed by atoms with Gasteiger partial charge in [0.25, 0.3) is 0 Å². The third-order valence-electron chi connectivity index (χ3n) is 2.62. The molecule has 0 fully saturated rings. The first-order valence-corrected chi connectivity index (χ1v) is 5.91. The highest BCUT2D eigenvalue weighted by atomic mass is 35.5. The molecule has 0 saturated carbocycles. The smallest absolute Gasteiger partial charge is 0.250 e. The molecule has 4 nitrogen and oxygen atoms in total. The van der Waals surface area contributed by atoms with Crippen molar-refractivity contribution in [3.05, 3.63) is 28.8 Å². The molecule has 92 valence electrons. The summed E-state index contributed by atoms with van der Waals surface area (Å²) >= 11 is 5.91. The lowest BCUT2D eigenvalue weighted by molar-refractivity contribution is -0.138. The van der Waals surface area contributed by atoms with Crippen LogP contribution in [0.4, 0.5) is 0 Å². The Labute approximate surface area is 105 Å². The van der Waals surface area contributed by atoms with E-state index in [1.807, 2.05) is 19.1 Å². The van der Waals surface area contributed by atoms with E-state index >= 15 is 0 Å². The van der Waals surface area contributed by atoms with Gasteiger partial charge in [-0.1, -0.05) is 11.6 Å². The fourth-order valence-electron chi connectivity index (χ4n) is 1.76. The third kappa shape index (κ3) is 2.90. The molecular weight excluding hydrogens is 242 g/mol. The van der Waals surface area contributed by atoms with E-state index in [9.17, 15) is 4.79 Å². The van der Waals surface area contributed by atoms with Crippen molar-refractivity contribution in [2.75, 3.05) is 13.2 Å². The summed E-state index contributed by atoms with van der Waals surface area (Å²) in [6.07, 6.45) is 0.620. The summed E-state index contributed by atoms with van der Waals surface area (Å²) in [6, 6.07) is 5.44. The molecule has 17 heavy (non-hydrogen) atoms. The Balaban J connectivity index is 2.04. The maximum absolute atomic E-state index is 11.7. The van der Waals surface area contributed by atoms with Crippen LogP contribution >= 0.6 is 11.6 Å². The van der Waals surface area contributed by atoms with Crippen LogP contribution in [0.25, 0.3) is 0 Å². The van der Waals surface area contributed by atoms with Gasteiger partial charge in [0.05, 0.1) is 12.5 Å². The van der Waals surface area contributed by atoms with Gasteiger partial charge in [-0.2, -0.15) is 0 Å². The Morgan fingerprint density at radius 1 is 1.65 bits per heavy atom. The first-order chi connectivity index (χ1) is 8.20. The Kier molecular flexibility index (Phi) is 3.86. The number of hydrogen-bond donors (Lipinski definition) is 1. The summed E-state index contributed by atoms with van der Waals surface area (Å²) in [6.45, 7) is 2.63.